The fraction of sp³-hybridized carbons (Fsp3) is 0.565. The van der Waals surface area contributed by atoms with Gasteiger partial charge in [-0.1, -0.05) is 36.4 Å². The standard InChI is InChI=1S/C13H17BN2O3.C10H20BNO4/c17-13(15-10-11-4-2-1-3-5-11)16-8-6-12(7-9-16)14(18)19;1-10(2,3)16-9(13)12-6-4-8(5-7-12)11(14)15/h1-6,18-19H,7-10H2,(H,15,17);8,14-15H,4-7H2,1-3H3. The van der Waals surface area contributed by atoms with Gasteiger partial charge in [-0.15, -0.1) is 0 Å². The number of benzene rings is 1. The normalized spacial score (nSPS) is 16.5. The second-order valence-electron chi connectivity index (χ2n) is 9.71. The molecule has 1 aromatic carbocycles. The monoisotopic (exact) mass is 489 g/mol. The van der Waals surface area contributed by atoms with E-state index in [1.165, 1.54) is 0 Å². The number of nitrogens with zero attached hydrogens (tertiary/aromatic N) is 2. The third-order valence-electron chi connectivity index (χ3n) is 5.76. The summed E-state index contributed by atoms with van der Waals surface area (Å²) in [5.74, 6) is -0.126. The third-order valence-corrected chi connectivity index (χ3v) is 5.76. The smallest absolute Gasteiger partial charge is 0.444 e. The first kappa shape index (κ1) is 28.7. The highest BCUT2D eigenvalue weighted by Crippen LogP contribution is 2.24. The predicted molar refractivity (Wildman–Crippen MR) is 134 cm³/mol. The number of rotatable bonds is 4. The molecule has 3 rings (SSSR count). The molecule has 0 spiro atoms. The summed E-state index contributed by atoms with van der Waals surface area (Å²) in [5.41, 5.74) is 1.15. The summed E-state index contributed by atoms with van der Waals surface area (Å²) in [5, 5.41) is 38.9. The average molecular weight is 489 g/mol. The van der Waals surface area contributed by atoms with Crippen LogP contribution in [0.15, 0.2) is 41.9 Å². The van der Waals surface area contributed by atoms with Crippen LogP contribution in [-0.4, -0.2) is 88.0 Å². The fourth-order valence-electron chi connectivity index (χ4n) is 3.70. The van der Waals surface area contributed by atoms with Crippen molar-refractivity contribution in [2.24, 2.45) is 0 Å². The van der Waals surface area contributed by atoms with E-state index < -0.39 is 19.8 Å². The number of hydrogen-bond acceptors (Lipinski definition) is 7. The summed E-state index contributed by atoms with van der Waals surface area (Å²) in [6, 6.07) is 9.57. The summed E-state index contributed by atoms with van der Waals surface area (Å²) < 4.78 is 5.23. The molecule has 2 aliphatic rings. The number of hydrogen-bond donors (Lipinski definition) is 5. The lowest BCUT2D eigenvalue weighted by atomic mass is 9.68. The lowest BCUT2D eigenvalue weighted by molar-refractivity contribution is 0.0210. The van der Waals surface area contributed by atoms with Crippen LogP contribution in [0, 0.1) is 0 Å². The predicted octanol–water partition coefficient (Wildman–Crippen LogP) is 1.40. The molecule has 0 aromatic heterocycles. The van der Waals surface area contributed by atoms with Gasteiger partial charge in [0, 0.05) is 32.7 Å². The highest BCUT2D eigenvalue weighted by atomic mass is 16.6. The molecule has 0 unspecified atom stereocenters. The molecule has 1 fully saturated rings. The van der Waals surface area contributed by atoms with Crippen LogP contribution in [0.3, 0.4) is 0 Å². The van der Waals surface area contributed by atoms with Crippen LogP contribution < -0.4 is 5.32 Å². The van der Waals surface area contributed by atoms with Crippen LogP contribution in [0.1, 0.15) is 45.6 Å². The Morgan fingerprint density at radius 3 is 2.14 bits per heavy atom. The van der Waals surface area contributed by atoms with Crippen LogP contribution in [0.5, 0.6) is 0 Å². The average Bonchev–Trinajstić information content (AvgIpc) is 2.82. The SMILES string of the molecule is CC(C)(C)OC(=O)N1CCC(B(O)O)CC1.O=C(NCc1ccccc1)N1CC=C(B(O)O)CC1. The number of ether oxygens (including phenoxy) is 1. The van der Waals surface area contributed by atoms with Crippen LogP contribution in [0.2, 0.25) is 5.82 Å². The molecule has 10 nitrogen and oxygen atoms in total. The number of piperidine rings is 1. The van der Waals surface area contributed by atoms with E-state index in [2.05, 4.69) is 5.32 Å². The Morgan fingerprint density at radius 2 is 1.66 bits per heavy atom. The highest BCUT2D eigenvalue weighted by molar-refractivity contribution is 6.50. The maximum Gasteiger partial charge on any atom is 0.483 e. The zero-order valence-corrected chi connectivity index (χ0v) is 20.8. The number of nitrogens with one attached hydrogen (secondary N) is 1. The van der Waals surface area contributed by atoms with E-state index in [0.717, 1.165) is 5.56 Å². The summed E-state index contributed by atoms with van der Waals surface area (Å²) in [6.07, 6.45) is 3.08. The fourth-order valence-corrected chi connectivity index (χ4v) is 3.70. The molecule has 1 saturated heterocycles. The van der Waals surface area contributed by atoms with Gasteiger partial charge in [0.25, 0.3) is 0 Å². The van der Waals surface area contributed by atoms with Crippen molar-refractivity contribution < 1.29 is 34.4 Å². The quantitative estimate of drug-likeness (QED) is 0.403. The molecule has 3 amide bonds. The van der Waals surface area contributed by atoms with Crippen molar-refractivity contribution in [3.05, 3.63) is 47.4 Å². The van der Waals surface area contributed by atoms with E-state index in [1.807, 2.05) is 51.1 Å². The van der Waals surface area contributed by atoms with Gasteiger partial charge < -0.3 is 39.9 Å². The van der Waals surface area contributed by atoms with Crippen molar-refractivity contribution >= 4 is 26.4 Å². The molecule has 0 saturated carbocycles. The molecule has 35 heavy (non-hydrogen) atoms. The Balaban J connectivity index is 0.000000251. The van der Waals surface area contributed by atoms with Gasteiger partial charge in [0.1, 0.15) is 5.60 Å². The maximum atomic E-state index is 11.9. The number of carbonyl (C=O) groups excluding carboxylic acids is 2. The highest BCUT2D eigenvalue weighted by Gasteiger charge is 2.31. The van der Waals surface area contributed by atoms with Crippen LogP contribution in [0.25, 0.3) is 0 Å². The Morgan fingerprint density at radius 1 is 1.03 bits per heavy atom. The topological polar surface area (TPSA) is 143 Å². The van der Waals surface area contributed by atoms with Crippen molar-refractivity contribution in [2.45, 2.75) is 58.0 Å². The largest absolute Gasteiger partial charge is 0.483 e. The second kappa shape index (κ2) is 13.5. The molecule has 2 heterocycles. The van der Waals surface area contributed by atoms with Crippen molar-refractivity contribution in [1.29, 1.82) is 0 Å². The van der Waals surface area contributed by atoms with Crippen molar-refractivity contribution in [3.63, 3.8) is 0 Å². The summed E-state index contributed by atoms with van der Waals surface area (Å²) in [4.78, 5) is 26.8. The molecular formula is C23H37B2N3O7. The Kier molecular flexibility index (Phi) is 11.1. The molecule has 2 aliphatic heterocycles. The zero-order chi connectivity index (χ0) is 26.0. The third kappa shape index (κ3) is 10.3. The summed E-state index contributed by atoms with van der Waals surface area (Å²) >= 11 is 0. The summed E-state index contributed by atoms with van der Waals surface area (Å²) in [6.45, 7) is 7.95. The van der Waals surface area contributed by atoms with E-state index >= 15 is 0 Å². The molecule has 192 valence electrons. The minimum absolute atomic E-state index is 0.126. The molecule has 5 N–H and O–H groups in total. The Bertz CT molecular complexity index is 839. The second-order valence-corrected chi connectivity index (χ2v) is 9.71. The Labute approximate surface area is 207 Å². The first-order valence-electron chi connectivity index (χ1n) is 11.9. The number of amides is 3. The maximum absolute atomic E-state index is 11.9. The van der Waals surface area contributed by atoms with Crippen LogP contribution >= 0.6 is 0 Å². The van der Waals surface area contributed by atoms with Gasteiger partial charge >= 0.3 is 26.4 Å². The van der Waals surface area contributed by atoms with E-state index in [0.29, 0.717) is 57.5 Å². The number of carbonyl (C=O) groups is 2. The molecule has 0 radical (unpaired) electrons. The van der Waals surface area contributed by atoms with Crippen molar-refractivity contribution in [2.75, 3.05) is 26.2 Å². The first-order valence-corrected chi connectivity index (χ1v) is 11.9. The van der Waals surface area contributed by atoms with Crippen molar-refractivity contribution in [3.8, 4) is 0 Å². The summed E-state index contributed by atoms with van der Waals surface area (Å²) in [7, 11) is -2.68. The van der Waals surface area contributed by atoms with Crippen LogP contribution in [-0.2, 0) is 11.3 Å². The molecule has 0 bridgehead atoms. The van der Waals surface area contributed by atoms with Gasteiger partial charge in [0.2, 0.25) is 0 Å². The zero-order valence-electron chi connectivity index (χ0n) is 20.8. The van der Waals surface area contributed by atoms with Gasteiger partial charge in [-0.3, -0.25) is 0 Å². The van der Waals surface area contributed by atoms with Gasteiger partial charge in [0.15, 0.2) is 0 Å². The number of likely N-dealkylation sites (tertiary alicyclic amines) is 1. The van der Waals surface area contributed by atoms with E-state index in [-0.39, 0.29) is 17.9 Å². The lowest BCUT2D eigenvalue weighted by Crippen LogP contribution is -2.43. The van der Waals surface area contributed by atoms with E-state index in [9.17, 15) is 9.59 Å². The van der Waals surface area contributed by atoms with Gasteiger partial charge in [0.05, 0.1) is 0 Å². The minimum Gasteiger partial charge on any atom is -0.444 e. The number of urea groups is 1. The molecule has 0 aliphatic carbocycles. The molecular weight excluding hydrogens is 452 g/mol. The minimum atomic E-state index is -1.41. The van der Waals surface area contributed by atoms with Gasteiger partial charge in [-0.25, -0.2) is 9.59 Å². The molecule has 0 atom stereocenters. The lowest BCUT2D eigenvalue weighted by Gasteiger charge is -2.33. The van der Waals surface area contributed by atoms with Crippen LogP contribution in [0.4, 0.5) is 9.59 Å². The first-order chi connectivity index (χ1) is 16.5. The van der Waals surface area contributed by atoms with E-state index in [4.69, 9.17) is 24.8 Å². The van der Waals surface area contributed by atoms with Gasteiger partial charge in [-0.2, -0.15) is 0 Å². The van der Waals surface area contributed by atoms with E-state index in [1.54, 1.807) is 15.9 Å². The van der Waals surface area contributed by atoms with Gasteiger partial charge in [-0.05, 0) is 56.9 Å². The van der Waals surface area contributed by atoms with Crippen molar-refractivity contribution in [1.82, 2.24) is 15.1 Å². The Hall–Kier alpha value is -2.53. The molecule has 12 heteroatoms. The molecule has 1 aromatic rings.